The molecule has 2 aromatic carbocycles. The lowest BCUT2D eigenvalue weighted by Gasteiger charge is -2.29. The molecule has 3 heterocycles. The van der Waals surface area contributed by atoms with E-state index in [0.717, 1.165) is 30.6 Å². The summed E-state index contributed by atoms with van der Waals surface area (Å²) in [5.41, 5.74) is 6.77. The summed E-state index contributed by atoms with van der Waals surface area (Å²) in [4.78, 5) is 27.9. The number of carbonyl (C=O) groups is 2. The maximum Gasteiger partial charge on any atom is 0.410 e. The average Bonchev–Trinajstić information content (AvgIpc) is 3.64. The summed E-state index contributed by atoms with van der Waals surface area (Å²) < 4.78 is 20.3. The first-order valence-corrected chi connectivity index (χ1v) is 13.2. The number of benzene rings is 2. The second-order valence-corrected chi connectivity index (χ2v) is 10.5. The number of aromatic nitrogens is 2. The summed E-state index contributed by atoms with van der Waals surface area (Å²) in [6.07, 6.45) is 6.79. The second kappa shape index (κ2) is 10.3. The molecule has 2 atom stereocenters. The van der Waals surface area contributed by atoms with Gasteiger partial charge in [-0.05, 0) is 71.9 Å². The van der Waals surface area contributed by atoms with Crippen LogP contribution < -0.4 is 5.43 Å². The van der Waals surface area contributed by atoms with Crippen molar-refractivity contribution in [1.82, 2.24) is 25.1 Å². The largest absolute Gasteiger partial charge is 0.453 e. The van der Waals surface area contributed by atoms with Crippen LogP contribution in [0.25, 0.3) is 17.3 Å². The molecule has 1 fully saturated rings. The van der Waals surface area contributed by atoms with Crippen LogP contribution >= 0.6 is 11.6 Å². The minimum atomic E-state index is -0.518. The molecule has 10 heteroatoms. The van der Waals surface area contributed by atoms with Gasteiger partial charge in [-0.15, -0.1) is 0 Å². The van der Waals surface area contributed by atoms with Crippen molar-refractivity contribution in [2.75, 3.05) is 26.7 Å². The highest BCUT2D eigenvalue weighted by molar-refractivity contribution is 6.30. The van der Waals surface area contributed by atoms with E-state index >= 15 is 0 Å². The smallest absolute Gasteiger partial charge is 0.410 e. The predicted molar refractivity (Wildman–Crippen MR) is 145 cm³/mol. The molecular weight excluding hydrogens is 521 g/mol. The Bertz CT molecular complexity index is 1480. The molecule has 2 unspecified atom stereocenters. The van der Waals surface area contributed by atoms with Crippen LogP contribution in [0.15, 0.2) is 60.7 Å². The Morgan fingerprint density at radius 1 is 1.10 bits per heavy atom. The molecule has 6 rings (SSSR count). The molecule has 1 aliphatic carbocycles. The van der Waals surface area contributed by atoms with E-state index in [2.05, 4.69) is 17.6 Å². The molecule has 3 aromatic rings. The third kappa shape index (κ3) is 4.95. The van der Waals surface area contributed by atoms with E-state index in [9.17, 15) is 14.0 Å². The summed E-state index contributed by atoms with van der Waals surface area (Å²) in [5, 5.41) is 7.30. The van der Waals surface area contributed by atoms with Gasteiger partial charge in [-0.25, -0.2) is 18.9 Å². The topological polar surface area (TPSA) is 79.7 Å². The summed E-state index contributed by atoms with van der Waals surface area (Å²) >= 11 is 6.15. The van der Waals surface area contributed by atoms with Crippen molar-refractivity contribution in [3.05, 3.63) is 94.0 Å². The third-order valence-corrected chi connectivity index (χ3v) is 7.75. The van der Waals surface area contributed by atoms with Crippen LogP contribution in [0.4, 0.5) is 9.18 Å². The minimum absolute atomic E-state index is 0.146. The fourth-order valence-corrected chi connectivity index (χ4v) is 5.75. The Morgan fingerprint density at radius 2 is 1.87 bits per heavy atom. The maximum atomic E-state index is 13.7. The third-order valence-electron chi connectivity index (χ3n) is 7.50. The molecule has 0 radical (unpaired) electrons. The molecule has 1 aromatic heterocycles. The molecular formula is C29H27ClFN5O3. The van der Waals surface area contributed by atoms with Gasteiger partial charge in [0.05, 0.1) is 31.6 Å². The van der Waals surface area contributed by atoms with Gasteiger partial charge in [0.15, 0.2) is 5.69 Å². The van der Waals surface area contributed by atoms with Crippen molar-refractivity contribution in [2.24, 2.45) is 11.8 Å². The molecule has 0 saturated carbocycles. The van der Waals surface area contributed by atoms with E-state index in [4.69, 9.17) is 21.4 Å². The van der Waals surface area contributed by atoms with E-state index in [1.165, 1.54) is 24.1 Å². The van der Waals surface area contributed by atoms with E-state index in [-0.39, 0.29) is 30.5 Å². The standard InChI is InChI=1S/C29H27ClFN5O3/c1-39-29(38)34-14-21(13-18-5-9-23(31)10-6-18)27-25(17-34)26(32-36(27)24-11-7-22(30)8-12-24)28(37)33-35-15-19-3-2-4-20(19)16-35/h2-3,5-13,19-20H,4,14-17H2,1H3,(H,33,37)/b21-13+. The van der Waals surface area contributed by atoms with Crippen LogP contribution in [0.5, 0.6) is 0 Å². The molecule has 1 N–H and O–H groups in total. The number of carbonyl (C=O) groups excluding carboxylic acids is 2. The molecule has 0 spiro atoms. The number of hydrogen-bond acceptors (Lipinski definition) is 5. The lowest BCUT2D eigenvalue weighted by molar-refractivity contribution is 0.0809. The Balaban J connectivity index is 1.45. The first-order valence-electron chi connectivity index (χ1n) is 12.8. The molecule has 39 heavy (non-hydrogen) atoms. The maximum absolute atomic E-state index is 13.7. The number of nitrogens with one attached hydrogen (secondary N) is 1. The van der Waals surface area contributed by atoms with E-state index in [0.29, 0.717) is 33.8 Å². The van der Waals surface area contributed by atoms with Crippen molar-refractivity contribution in [2.45, 2.75) is 13.0 Å². The first-order chi connectivity index (χ1) is 18.9. The van der Waals surface area contributed by atoms with Gasteiger partial charge in [0.25, 0.3) is 5.91 Å². The summed E-state index contributed by atoms with van der Waals surface area (Å²) in [6, 6.07) is 13.3. The summed E-state index contributed by atoms with van der Waals surface area (Å²) in [5.74, 6) is 0.261. The highest BCUT2D eigenvalue weighted by Gasteiger charge is 2.37. The van der Waals surface area contributed by atoms with Gasteiger partial charge in [0.1, 0.15) is 5.82 Å². The van der Waals surface area contributed by atoms with Crippen molar-refractivity contribution in [3.8, 4) is 5.69 Å². The fourth-order valence-electron chi connectivity index (χ4n) is 5.62. The fraction of sp³-hybridized carbons (Fsp3) is 0.276. The van der Waals surface area contributed by atoms with Gasteiger partial charge in [-0.3, -0.25) is 15.1 Å². The van der Waals surface area contributed by atoms with E-state index in [1.54, 1.807) is 28.9 Å². The van der Waals surface area contributed by atoms with Gasteiger partial charge in [-0.1, -0.05) is 35.9 Å². The summed E-state index contributed by atoms with van der Waals surface area (Å²) in [6.45, 7) is 1.89. The number of hydrazine groups is 1. The normalized spacial score (nSPS) is 21.2. The Morgan fingerprint density at radius 3 is 2.59 bits per heavy atom. The zero-order valence-electron chi connectivity index (χ0n) is 21.3. The predicted octanol–water partition coefficient (Wildman–Crippen LogP) is 4.94. The number of methoxy groups -OCH3 is 1. The number of halogens is 2. The molecule has 0 bridgehead atoms. The van der Waals surface area contributed by atoms with Crippen LogP contribution in [0, 0.1) is 17.7 Å². The number of hydrogen-bond donors (Lipinski definition) is 1. The quantitative estimate of drug-likeness (QED) is 0.468. The van der Waals surface area contributed by atoms with Crippen molar-refractivity contribution in [1.29, 1.82) is 0 Å². The molecule has 2 amide bonds. The van der Waals surface area contributed by atoms with Crippen LogP contribution in [0.1, 0.15) is 33.7 Å². The highest BCUT2D eigenvalue weighted by Crippen LogP contribution is 2.35. The zero-order chi connectivity index (χ0) is 27.1. The zero-order valence-corrected chi connectivity index (χ0v) is 22.1. The van der Waals surface area contributed by atoms with E-state index < -0.39 is 6.09 Å². The SMILES string of the molecule is COC(=O)N1C/C(=C\c2ccc(F)cc2)c2c(c(C(=O)NN3CC4C=CCC4C3)nn2-c2ccc(Cl)cc2)C1. The van der Waals surface area contributed by atoms with Gasteiger partial charge in [0.2, 0.25) is 0 Å². The number of allylic oxidation sites excluding steroid dienone is 1. The van der Waals surface area contributed by atoms with Crippen molar-refractivity contribution < 1.29 is 18.7 Å². The minimum Gasteiger partial charge on any atom is -0.453 e. The lowest BCUT2D eigenvalue weighted by atomic mass is 9.97. The second-order valence-electron chi connectivity index (χ2n) is 10.0. The van der Waals surface area contributed by atoms with Gasteiger partial charge in [-0.2, -0.15) is 5.10 Å². The molecule has 3 aliphatic rings. The number of fused-ring (bicyclic) bond motifs is 2. The Labute approximate surface area is 230 Å². The van der Waals surface area contributed by atoms with Crippen molar-refractivity contribution >= 4 is 35.3 Å². The van der Waals surface area contributed by atoms with Gasteiger partial charge >= 0.3 is 6.09 Å². The number of rotatable bonds is 4. The van der Waals surface area contributed by atoms with Crippen LogP contribution in [-0.2, 0) is 11.3 Å². The monoisotopic (exact) mass is 547 g/mol. The van der Waals surface area contributed by atoms with Gasteiger partial charge < -0.3 is 4.74 Å². The molecule has 1 saturated heterocycles. The number of amides is 2. The highest BCUT2D eigenvalue weighted by atomic mass is 35.5. The lowest BCUT2D eigenvalue weighted by Crippen LogP contribution is -2.42. The molecule has 200 valence electrons. The Hall–Kier alpha value is -3.95. The van der Waals surface area contributed by atoms with Crippen LogP contribution in [0.3, 0.4) is 0 Å². The average molecular weight is 548 g/mol. The van der Waals surface area contributed by atoms with Crippen molar-refractivity contribution in [3.63, 3.8) is 0 Å². The van der Waals surface area contributed by atoms with E-state index in [1.807, 2.05) is 23.2 Å². The van der Waals surface area contributed by atoms with Crippen LogP contribution in [0.2, 0.25) is 5.02 Å². The Kier molecular flexibility index (Phi) is 6.70. The summed E-state index contributed by atoms with van der Waals surface area (Å²) in [7, 11) is 1.32. The van der Waals surface area contributed by atoms with Crippen LogP contribution in [-0.4, -0.2) is 58.4 Å². The van der Waals surface area contributed by atoms with Gasteiger partial charge in [0, 0.05) is 23.7 Å². The number of nitrogens with zero attached hydrogens (tertiary/aromatic N) is 4. The number of ether oxygens (including phenoxy) is 1. The first kappa shape index (κ1) is 25.3. The molecule has 2 aliphatic heterocycles. The molecule has 8 nitrogen and oxygen atoms in total.